The zero-order valence-corrected chi connectivity index (χ0v) is 17.0. The van der Waals surface area contributed by atoms with E-state index in [1.165, 1.54) is 0 Å². The SMILES string of the molecule is CN1CCN(c2cccc(N=c3ccn4ncc(=Cc5[nH]c(=O)[nH]c5O)c4n3)c2)CC1. The Labute approximate surface area is 176 Å². The zero-order valence-electron chi connectivity index (χ0n) is 17.0. The number of aromatic amines is 2. The molecule has 1 saturated heterocycles. The Hall–Kier alpha value is -3.92. The summed E-state index contributed by atoms with van der Waals surface area (Å²) >= 11 is 0. The van der Waals surface area contributed by atoms with Crippen molar-refractivity contribution < 1.29 is 5.11 Å². The number of fused-ring (bicyclic) bond motifs is 1. The summed E-state index contributed by atoms with van der Waals surface area (Å²) in [5, 5.41) is 14.7. The van der Waals surface area contributed by atoms with Gasteiger partial charge < -0.3 is 19.9 Å². The molecule has 0 amide bonds. The smallest absolute Gasteiger partial charge is 0.326 e. The minimum Gasteiger partial charge on any atom is -0.493 e. The average Bonchev–Trinajstić information content (AvgIpc) is 3.31. The molecule has 158 valence electrons. The summed E-state index contributed by atoms with van der Waals surface area (Å²) < 4.78 is 1.62. The number of benzene rings is 1. The molecule has 5 rings (SSSR count). The molecule has 3 aromatic heterocycles. The molecule has 0 atom stereocenters. The van der Waals surface area contributed by atoms with Crippen LogP contribution in [0.3, 0.4) is 0 Å². The fraction of sp³-hybridized carbons (Fsp3) is 0.238. The van der Waals surface area contributed by atoms with E-state index in [2.05, 4.69) is 49.0 Å². The Morgan fingerprint density at radius 1 is 1.16 bits per heavy atom. The van der Waals surface area contributed by atoms with E-state index >= 15 is 0 Å². The van der Waals surface area contributed by atoms with Crippen molar-refractivity contribution in [3.05, 3.63) is 69.6 Å². The summed E-state index contributed by atoms with van der Waals surface area (Å²) in [7, 11) is 2.14. The molecule has 0 saturated carbocycles. The van der Waals surface area contributed by atoms with Gasteiger partial charge in [0.1, 0.15) is 5.69 Å². The maximum atomic E-state index is 11.4. The molecular weight excluding hydrogens is 396 g/mol. The third-order valence-electron chi connectivity index (χ3n) is 5.36. The maximum absolute atomic E-state index is 11.4. The fourth-order valence-corrected chi connectivity index (χ4v) is 3.64. The lowest BCUT2D eigenvalue weighted by molar-refractivity contribution is 0.313. The van der Waals surface area contributed by atoms with Crippen LogP contribution in [0.15, 0.2) is 52.5 Å². The number of imidazole rings is 1. The molecule has 0 radical (unpaired) electrons. The van der Waals surface area contributed by atoms with Crippen molar-refractivity contribution in [2.45, 2.75) is 0 Å². The van der Waals surface area contributed by atoms with Crippen molar-refractivity contribution in [2.75, 3.05) is 38.1 Å². The van der Waals surface area contributed by atoms with Crippen LogP contribution in [0, 0.1) is 0 Å². The molecule has 31 heavy (non-hydrogen) atoms. The predicted octanol–water partition coefficient (Wildman–Crippen LogP) is -0.0168. The van der Waals surface area contributed by atoms with Gasteiger partial charge in [-0.15, -0.1) is 0 Å². The van der Waals surface area contributed by atoms with E-state index in [9.17, 15) is 9.90 Å². The Morgan fingerprint density at radius 2 is 2.00 bits per heavy atom. The number of anilines is 1. The minimum atomic E-state index is -0.482. The quantitative estimate of drug-likeness (QED) is 0.431. The van der Waals surface area contributed by atoms with Gasteiger partial charge in [-0.3, -0.25) is 4.98 Å². The number of piperazine rings is 1. The highest BCUT2D eigenvalue weighted by atomic mass is 16.3. The molecule has 1 aromatic carbocycles. The largest absolute Gasteiger partial charge is 0.493 e. The summed E-state index contributed by atoms with van der Waals surface area (Å²) in [4.78, 5) is 30.2. The molecule has 4 heterocycles. The van der Waals surface area contributed by atoms with E-state index in [0.29, 0.717) is 16.4 Å². The normalized spacial score (nSPS) is 16.5. The van der Waals surface area contributed by atoms with Crippen molar-refractivity contribution in [3.63, 3.8) is 0 Å². The van der Waals surface area contributed by atoms with Gasteiger partial charge >= 0.3 is 5.69 Å². The topological polar surface area (TPSA) is 118 Å². The molecule has 4 aromatic rings. The summed E-state index contributed by atoms with van der Waals surface area (Å²) in [6, 6.07) is 9.94. The molecule has 1 aliphatic rings. The first-order valence-corrected chi connectivity index (χ1v) is 10.0. The predicted molar refractivity (Wildman–Crippen MR) is 116 cm³/mol. The van der Waals surface area contributed by atoms with Crippen LogP contribution >= 0.6 is 0 Å². The van der Waals surface area contributed by atoms with E-state index in [1.54, 1.807) is 29.1 Å². The Kier molecular flexibility index (Phi) is 4.75. The first kappa shape index (κ1) is 19.1. The van der Waals surface area contributed by atoms with Crippen molar-refractivity contribution in [1.82, 2.24) is 29.5 Å². The van der Waals surface area contributed by atoms with Crippen molar-refractivity contribution in [3.8, 4) is 5.88 Å². The second kappa shape index (κ2) is 7.73. The van der Waals surface area contributed by atoms with Crippen molar-refractivity contribution >= 4 is 23.1 Å². The number of likely N-dealkylation sites (N-methyl/N-ethyl adjacent to an activating group) is 1. The maximum Gasteiger partial charge on any atom is 0.326 e. The lowest BCUT2D eigenvalue weighted by atomic mass is 10.2. The van der Waals surface area contributed by atoms with Crippen molar-refractivity contribution in [1.29, 1.82) is 0 Å². The van der Waals surface area contributed by atoms with Crippen molar-refractivity contribution in [2.24, 2.45) is 4.99 Å². The van der Waals surface area contributed by atoms with Crippen LogP contribution in [0.25, 0.3) is 11.7 Å². The van der Waals surface area contributed by atoms with Gasteiger partial charge in [0.2, 0.25) is 5.88 Å². The summed E-state index contributed by atoms with van der Waals surface area (Å²) in [5.74, 6) is -0.231. The molecule has 0 spiro atoms. The number of nitrogens with zero attached hydrogens (tertiary/aromatic N) is 6. The highest BCUT2D eigenvalue weighted by Gasteiger charge is 2.14. The van der Waals surface area contributed by atoms with E-state index in [1.807, 2.05) is 12.1 Å². The number of aromatic hydroxyl groups is 1. The van der Waals surface area contributed by atoms with E-state index < -0.39 is 5.69 Å². The fourth-order valence-electron chi connectivity index (χ4n) is 3.64. The van der Waals surface area contributed by atoms with E-state index in [-0.39, 0.29) is 11.6 Å². The standard InChI is InChI=1S/C21H22N8O2/c1-27-7-9-28(10-8-27)16-4-2-3-15(12-16)23-18-5-6-29-19(25-18)14(13-22-29)11-17-20(30)26-21(31)24-17/h2-6,11-13,30H,7-10H2,1H3,(H2,24,26,31). The van der Waals surface area contributed by atoms with Gasteiger partial charge in [0, 0.05) is 49.3 Å². The number of nitrogens with one attached hydrogen (secondary N) is 2. The lowest BCUT2D eigenvalue weighted by Crippen LogP contribution is -2.44. The van der Waals surface area contributed by atoms with Gasteiger partial charge in [-0.05, 0) is 31.3 Å². The number of rotatable bonds is 3. The van der Waals surface area contributed by atoms with Crippen LogP contribution in [0.5, 0.6) is 5.88 Å². The van der Waals surface area contributed by atoms with Crippen LogP contribution < -0.4 is 21.3 Å². The van der Waals surface area contributed by atoms with E-state index in [0.717, 1.165) is 37.6 Å². The van der Waals surface area contributed by atoms with Gasteiger partial charge in [0.05, 0.1) is 11.9 Å². The number of H-pyrrole nitrogens is 2. The van der Waals surface area contributed by atoms with Crippen LogP contribution in [0.1, 0.15) is 5.69 Å². The molecule has 0 aliphatic carbocycles. The number of hydrogen-bond donors (Lipinski definition) is 3. The molecule has 0 unspecified atom stereocenters. The molecule has 10 nitrogen and oxygen atoms in total. The first-order valence-electron chi connectivity index (χ1n) is 10.0. The van der Waals surface area contributed by atoms with Gasteiger partial charge in [0.25, 0.3) is 0 Å². The third kappa shape index (κ3) is 3.92. The monoisotopic (exact) mass is 418 g/mol. The molecular formula is C21H22N8O2. The summed E-state index contributed by atoms with van der Waals surface area (Å²) in [5.41, 5.74) is 2.88. The highest BCUT2D eigenvalue weighted by molar-refractivity contribution is 5.57. The molecule has 1 aliphatic heterocycles. The van der Waals surface area contributed by atoms with Crippen LogP contribution in [0.4, 0.5) is 11.4 Å². The van der Waals surface area contributed by atoms with Gasteiger partial charge in [-0.25, -0.2) is 19.3 Å². The second-order valence-corrected chi connectivity index (χ2v) is 7.56. The third-order valence-corrected chi connectivity index (χ3v) is 5.36. The Bertz CT molecular complexity index is 1410. The molecule has 1 fully saturated rings. The average molecular weight is 418 g/mol. The molecule has 10 heteroatoms. The first-order chi connectivity index (χ1) is 15.0. The molecule has 0 bridgehead atoms. The Morgan fingerprint density at radius 3 is 2.77 bits per heavy atom. The summed E-state index contributed by atoms with van der Waals surface area (Å²) in [6.45, 7) is 4.07. The van der Waals surface area contributed by atoms with Gasteiger partial charge in [-0.1, -0.05) is 6.07 Å². The minimum absolute atomic E-state index is 0.231. The number of hydrogen-bond acceptors (Lipinski definition) is 7. The summed E-state index contributed by atoms with van der Waals surface area (Å²) in [6.07, 6.45) is 5.01. The van der Waals surface area contributed by atoms with Gasteiger partial charge in [-0.2, -0.15) is 5.10 Å². The van der Waals surface area contributed by atoms with Crippen LogP contribution in [-0.2, 0) is 0 Å². The highest BCUT2D eigenvalue weighted by Crippen LogP contribution is 2.22. The zero-order chi connectivity index (χ0) is 21.4. The Balaban J connectivity index is 1.52. The number of aromatic nitrogens is 5. The van der Waals surface area contributed by atoms with Gasteiger partial charge in [0.15, 0.2) is 11.1 Å². The van der Waals surface area contributed by atoms with Crippen LogP contribution in [-0.4, -0.2) is 67.8 Å². The second-order valence-electron chi connectivity index (χ2n) is 7.56. The van der Waals surface area contributed by atoms with Crippen LogP contribution in [0.2, 0.25) is 0 Å². The van der Waals surface area contributed by atoms with E-state index in [4.69, 9.17) is 4.99 Å². The lowest BCUT2D eigenvalue weighted by Gasteiger charge is -2.34. The molecule has 3 N–H and O–H groups in total.